The highest BCUT2D eigenvalue weighted by Gasteiger charge is 2.31. The third-order valence-electron chi connectivity index (χ3n) is 3.32. The maximum atomic E-state index is 12.5. The van der Waals surface area contributed by atoms with Gasteiger partial charge in [0.05, 0.1) is 10.6 Å². The Labute approximate surface area is 126 Å². The monoisotopic (exact) mass is 322 g/mol. The number of rotatable bonds is 5. The van der Waals surface area contributed by atoms with Crippen LogP contribution in [0, 0.1) is 0 Å². The molecule has 1 aliphatic heterocycles. The van der Waals surface area contributed by atoms with Gasteiger partial charge in [0.2, 0.25) is 0 Å². The van der Waals surface area contributed by atoms with E-state index in [1.165, 1.54) is 0 Å². The van der Waals surface area contributed by atoms with Gasteiger partial charge in [-0.05, 0) is 19.0 Å². The van der Waals surface area contributed by atoms with E-state index in [1.54, 1.807) is 0 Å². The quantitative estimate of drug-likeness (QED) is 0.817. The summed E-state index contributed by atoms with van der Waals surface area (Å²) in [4.78, 5) is 6.09. The third kappa shape index (κ3) is 5.01. The summed E-state index contributed by atoms with van der Waals surface area (Å²) in [5, 5.41) is 6.25. The predicted octanol–water partition coefficient (Wildman–Crippen LogP) is 2.46. The number of alkyl halides is 3. The molecule has 4 nitrogen and oxygen atoms in total. The van der Waals surface area contributed by atoms with Crippen molar-refractivity contribution in [3.05, 3.63) is 22.8 Å². The molecule has 0 radical (unpaired) electrons. The lowest BCUT2D eigenvalue weighted by atomic mass is 10.2. The Balaban J connectivity index is 1.78. The average molecular weight is 323 g/mol. The first-order valence-electron chi connectivity index (χ1n) is 6.86. The van der Waals surface area contributed by atoms with Gasteiger partial charge in [-0.3, -0.25) is 0 Å². The molecule has 1 aromatic rings. The molecule has 21 heavy (non-hydrogen) atoms. The Kier molecular flexibility index (Phi) is 5.66. The second-order valence-electron chi connectivity index (χ2n) is 4.92. The maximum Gasteiger partial charge on any atom is 0.417 e. The summed E-state index contributed by atoms with van der Waals surface area (Å²) in [6.45, 7) is 5.63. The summed E-state index contributed by atoms with van der Waals surface area (Å²) in [7, 11) is 0. The number of aromatic nitrogens is 1. The Morgan fingerprint density at radius 3 is 2.67 bits per heavy atom. The highest BCUT2D eigenvalue weighted by molar-refractivity contribution is 6.32. The van der Waals surface area contributed by atoms with Crippen LogP contribution in [0.25, 0.3) is 0 Å². The van der Waals surface area contributed by atoms with Crippen molar-refractivity contribution >= 4 is 17.4 Å². The number of pyridine rings is 1. The largest absolute Gasteiger partial charge is 0.417 e. The van der Waals surface area contributed by atoms with Crippen molar-refractivity contribution in [2.75, 3.05) is 44.6 Å². The van der Waals surface area contributed by atoms with Gasteiger partial charge in [-0.15, -0.1) is 0 Å². The van der Waals surface area contributed by atoms with E-state index in [1.807, 2.05) is 0 Å². The Morgan fingerprint density at radius 2 is 2.05 bits per heavy atom. The van der Waals surface area contributed by atoms with Gasteiger partial charge in [-0.1, -0.05) is 11.6 Å². The van der Waals surface area contributed by atoms with Crippen LogP contribution in [0.2, 0.25) is 5.02 Å². The number of hydrogen-bond donors (Lipinski definition) is 2. The fourth-order valence-corrected chi connectivity index (χ4v) is 2.40. The molecule has 1 saturated heterocycles. The topological polar surface area (TPSA) is 40.2 Å². The average Bonchev–Trinajstić information content (AvgIpc) is 2.45. The number of piperazine rings is 1. The van der Waals surface area contributed by atoms with Crippen LogP contribution in [-0.2, 0) is 6.18 Å². The van der Waals surface area contributed by atoms with Gasteiger partial charge < -0.3 is 15.5 Å². The molecular formula is C13H18ClF3N4. The lowest BCUT2D eigenvalue weighted by Gasteiger charge is -2.27. The minimum absolute atomic E-state index is 0.00741. The summed E-state index contributed by atoms with van der Waals surface area (Å²) in [6, 6.07) is 0.896. The predicted molar refractivity (Wildman–Crippen MR) is 76.7 cm³/mol. The second-order valence-corrected chi connectivity index (χ2v) is 5.33. The van der Waals surface area contributed by atoms with E-state index in [4.69, 9.17) is 11.6 Å². The normalized spacial score (nSPS) is 17.0. The van der Waals surface area contributed by atoms with Crippen LogP contribution in [-0.4, -0.2) is 49.2 Å². The van der Waals surface area contributed by atoms with Crippen molar-refractivity contribution in [2.45, 2.75) is 12.6 Å². The second kappa shape index (κ2) is 7.29. The fourth-order valence-electron chi connectivity index (χ4n) is 2.17. The summed E-state index contributed by atoms with van der Waals surface area (Å²) in [5.74, 6) is 0.296. The summed E-state index contributed by atoms with van der Waals surface area (Å²) in [6.07, 6.45) is -2.74. The molecule has 2 heterocycles. The molecule has 8 heteroatoms. The van der Waals surface area contributed by atoms with Gasteiger partial charge >= 0.3 is 6.18 Å². The summed E-state index contributed by atoms with van der Waals surface area (Å²) in [5.41, 5.74) is -0.834. The SMILES string of the molecule is FC(F)(F)c1cnc(NCCCN2CCNCC2)c(Cl)c1. The van der Waals surface area contributed by atoms with Crippen LogP contribution >= 0.6 is 11.6 Å². The van der Waals surface area contributed by atoms with Gasteiger partial charge in [0.25, 0.3) is 0 Å². The molecule has 1 aliphatic rings. The van der Waals surface area contributed by atoms with Gasteiger partial charge in [-0.2, -0.15) is 13.2 Å². The molecule has 0 unspecified atom stereocenters. The molecule has 0 aliphatic carbocycles. The zero-order chi connectivity index (χ0) is 15.3. The molecular weight excluding hydrogens is 305 g/mol. The van der Waals surface area contributed by atoms with Crippen LogP contribution in [0.15, 0.2) is 12.3 Å². The minimum atomic E-state index is -4.42. The first-order valence-corrected chi connectivity index (χ1v) is 7.24. The van der Waals surface area contributed by atoms with E-state index < -0.39 is 11.7 Å². The highest BCUT2D eigenvalue weighted by Crippen LogP contribution is 2.32. The van der Waals surface area contributed by atoms with E-state index in [-0.39, 0.29) is 5.02 Å². The van der Waals surface area contributed by atoms with Gasteiger partial charge in [0.15, 0.2) is 0 Å². The zero-order valence-corrected chi connectivity index (χ0v) is 12.3. The van der Waals surface area contributed by atoms with Crippen molar-refractivity contribution in [2.24, 2.45) is 0 Å². The van der Waals surface area contributed by atoms with Crippen LogP contribution in [0.3, 0.4) is 0 Å². The van der Waals surface area contributed by atoms with Gasteiger partial charge in [0.1, 0.15) is 5.82 Å². The molecule has 1 aromatic heterocycles. The van der Waals surface area contributed by atoms with E-state index in [0.29, 0.717) is 12.4 Å². The van der Waals surface area contributed by atoms with Crippen molar-refractivity contribution in [3.63, 3.8) is 0 Å². The van der Waals surface area contributed by atoms with Crippen LogP contribution < -0.4 is 10.6 Å². The van der Waals surface area contributed by atoms with E-state index >= 15 is 0 Å². The number of halogens is 4. The van der Waals surface area contributed by atoms with E-state index in [0.717, 1.165) is 51.4 Å². The molecule has 0 amide bonds. The Morgan fingerprint density at radius 1 is 1.33 bits per heavy atom. The van der Waals surface area contributed by atoms with E-state index in [9.17, 15) is 13.2 Å². The van der Waals surface area contributed by atoms with Crippen LogP contribution in [0.1, 0.15) is 12.0 Å². The van der Waals surface area contributed by atoms with Crippen molar-refractivity contribution < 1.29 is 13.2 Å². The smallest absolute Gasteiger partial charge is 0.369 e. The van der Waals surface area contributed by atoms with Crippen molar-refractivity contribution in [3.8, 4) is 0 Å². The van der Waals surface area contributed by atoms with Crippen LogP contribution in [0.5, 0.6) is 0 Å². The Hall–Kier alpha value is -1.05. The molecule has 0 aromatic carbocycles. The number of nitrogens with zero attached hydrogens (tertiary/aromatic N) is 2. The molecule has 2 rings (SSSR count). The summed E-state index contributed by atoms with van der Waals surface area (Å²) < 4.78 is 37.4. The van der Waals surface area contributed by atoms with Crippen LogP contribution in [0.4, 0.5) is 19.0 Å². The number of hydrogen-bond acceptors (Lipinski definition) is 4. The third-order valence-corrected chi connectivity index (χ3v) is 3.61. The van der Waals surface area contributed by atoms with E-state index in [2.05, 4.69) is 20.5 Å². The first-order chi connectivity index (χ1) is 9.97. The molecule has 118 valence electrons. The highest BCUT2D eigenvalue weighted by atomic mass is 35.5. The number of nitrogens with one attached hydrogen (secondary N) is 2. The summed E-state index contributed by atoms with van der Waals surface area (Å²) >= 11 is 5.82. The van der Waals surface area contributed by atoms with Gasteiger partial charge in [0, 0.05) is 38.9 Å². The lowest BCUT2D eigenvalue weighted by molar-refractivity contribution is -0.137. The molecule has 1 fully saturated rings. The first kappa shape index (κ1) is 16.3. The standard InChI is InChI=1S/C13H18ClF3N4/c14-11-8-10(13(15,16)17)9-20-12(11)19-2-1-5-21-6-3-18-4-7-21/h8-9,18H,1-7H2,(H,19,20). The minimum Gasteiger partial charge on any atom is -0.369 e. The van der Waals surface area contributed by atoms with Crippen molar-refractivity contribution in [1.82, 2.24) is 15.2 Å². The lowest BCUT2D eigenvalue weighted by Crippen LogP contribution is -2.44. The van der Waals surface area contributed by atoms with Gasteiger partial charge in [-0.25, -0.2) is 4.98 Å². The molecule has 2 N–H and O–H groups in total. The molecule has 0 atom stereocenters. The fraction of sp³-hybridized carbons (Fsp3) is 0.615. The number of anilines is 1. The van der Waals surface area contributed by atoms with Crippen molar-refractivity contribution in [1.29, 1.82) is 0 Å². The maximum absolute atomic E-state index is 12.5. The molecule has 0 spiro atoms. The zero-order valence-electron chi connectivity index (χ0n) is 11.5. The molecule has 0 bridgehead atoms. The molecule has 0 saturated carbocycles. The Bertz CT molecular complexity index is 461.